The molecule has 4 aliphatic carbocycles. The molecule has 0 aliphatic heterocycles. The maximum absolute atomic E-state index is 12.4. The number of rotatable bonds is 6. The van der Waals surface area contributed by atoms with E-state index in [1.54, 1.807) is 22.7 Å². The molecular weight excluding hydrogens is 416 g/mol. The number of anilines is 1. The van der Waals surface area contributed by atoms with E-state index in [-0.39, 0.29) is 11.3 Å². The van der Waals surface area contributed by atoms with Crippen LogP contribution in [0.3, 0.4) is 0 Å². The summed E-state index contributed by atoms with van der Waals surface area (Å²) in [4.78, 5) is 21.7. The van der Waals surface area contributed by atoms with E-state index in [2.05, 4.69) is 20.8 Å². The average Bonchev–Trinajstić information content (AvgIpc) is 3.46. The van der Waals surface area contributed by atoms with Crippen molar-refractivity contribution < 1.29 is 9.32 Å². The van der Waals surface area contributed by atoms with Gasteiger partial charge in [0.15, 0.2) is 5.13 Å². The Bertz CT molecular complexity index is 1020. The summed E-state index contributed by atoms with van der Waals surface area (Å²) < 4.78 is 5.28. The third kappa shape index (κ3) is 3.39. The van der Waals surface area contributed by atoms with Gasteiger partial charge in [-0.2, -0.15) is 16.3 Å². The summed E-state index contributed by atoms with van der Waals surface area (Å²) in [5.41, 5.74) is 2.44. The van der Waals surface area contributed by atoms with Crippen LogP contribution in [0.4, 0.5) is 5.13 Å². The summed E-state index contributed by atoms with van der Waals surface area (Å²) in [5.74, 6) is 3.68. The molecule has 0 unspecified atom stereocenters. The molecule has 6 nitrogen and oxygen atoms in total. The minimum atomic E-state index is -0.0586. The first kappa shape index (κ1) is 18.7. The molecule has 7 rings (SSSR count). The van der Waals surface area contributed by atoms with Crippen molar-refractivity contribution in [3.8, 4) is 11.4 Å². The first-order valence-electron chi connectivity index (χ1n) is 10.8. The van der Waals surface area contributed by atoms with Crippen molar-refractivity contribution in [3.05, 3.63) is 33.8 Å². The number of hydrogen-bond acceptors (Lipinski definition) is 7. The van der Waals surface area contributed by atoms with Crippen LogP contribution in [0.5, 0.6) is 0 Å². The number of carbonyl (C=O) groups excluding carboxylic acids is 1. The van der Waals surface area contributed by atoms with Crippen LogP contribution in [-0.4, -0.2) is 21.0 Å². The molecular formula is C22H24N4O2S2. The van der Waals surface area contributed by atoms with E-state index in [9.17, 15) is 4.79 Å². The highest BCUT2D eigenvalue weighted by molar-refractivity contribution is 7.14. The van der Waals surface area contributed by atoms with Crippen LogP contribution in [0.15, 0.2) is 26.7 Å². The van der Waals surface area contributed by atoms with E-state index >= 15 is 0 Å². The van der Waals surface area contributed by atoms with Crippen molar-refractivity contribution in [2.24, 2.45) is 17.8 Å². The van der Waals surface area contributed by atoms with Gasteiger partial charge in [-0.1, -0.05) is 5.16 Å². The summed E-state index contributed by atoms with van der Waals surface area (Å²) in [6.07, 6.45) is 8.89. The van der Waals surface area contributed by atoms with Crippen LogP contribution in [0.25, 0.3) is 11.4 Å². The Hall–Kier alpha value is -2.06. The fraction of sp³-hybridized carbons (Fsp3) is 0.545. The van der Waals surface area contributed by atoms with Gasteiger partial charge in [0.1, 0.15) is 0 Å². The normalized spacial score (nSPS) is 29.4. The third-order valence-corrected chi connectivity index (χ3v) is 8.59. The Kier molecular flexibility index (Phi) is 4.53. The lowest BCUT2D eigenvalue weighted by atomic mass is 9.49. The molecule has 0 atom stereocenters. The molecule has 3 aromatic heterocycles. The Morgan fingerprint density at radius 3 is 2.60 bits per heavy atom. The predicted octanol–water partition coefficient (Wildman–Crippen LogP) is 5.29. The number of nitrogens with one attached hydrogen (secondary N) is 1. The van der Waals surface area contributed by atoms with E-state index in [0.717, 1.165) is 28.4 Å². The number of amides is 1. The molecule has 0 spiro atoms. The van der Waals surface area contributed by atoms with Gasteiger partial charge in [0.2, 0.25) is 17.6 Å². The quantitative estimate of drug-likeness (QED) is 0.563. The SMILES string of the molecule is O=C(CCc1nc(-c2ccsc2)no1)Nc1nc(C23CC4CC(CC(C4)C2)C3)cs1. The van der Waals surface area contributed by atoms with Crippen LogP contribution in [0.2, 0.25) is 0 Å². The predicted molar refractivity (Wildman–Crippen MR) is 117 cm³/mol. The largest absolute Gasteiger partial charge is 0.339 e. The maximum Gasteiger partial charge on any atom is 0.227 e. The van der Waals surface area contributed by atoms with Crippen molar-refractivity contribution >= 4 is 33.7 Å². The smallest absolute Gasteiger partial charge is 0.227 e. The highest BCUT2D eigenvalue weighted by atomic mass is 32.1. The van der Waals surface area contributed by atoms with Gasteiger partial charge in [-0.25, -0.2) is 4.98 Å². The van der Waals surface area contributed by atoms with Gasteiger partial charge in [-0.3, -0.25) is 4.79 Å². The van der Waals surface area contributed by atoms with Gasteiger partial charge in [0, 0.05) is 34.6 Å². The summed E-state index contributed by atoms with van der Waals surface area (Å²) in [7, 11) is 0. The summed E-state index contributed by atoms with van der Waals surface area (Å²) in [6.45, 7) is 0. The summed E-state index contributed by atoms with van der Waals surface area (Å²) in [5, 5.41) is 13.8. The molecule has 1 N–H and O–H groups in total. The minimum Gasteiger partial charge on any atom is -0.339 e. The van der Waals surface area contributed by atoms with Crippen LogP contribution in [0.1, 0.15) is 56.5 Å². The van der Waals surface area contributed by atoms with E-state index in [4.69, 9.17) is 9.51 Å². The molecule has 4 bridgehead atoms. The molecule has 1 amide bonds. The van der Waals surface area contributed by atoms with Crippen molar-refractivity contribution in [3.63, 3.8) is 0 Å². The number of thiazole rings is 1. The van der Waals surface area contributed by atoms with Crippen LogP contribution in [-0.2, 0) is 16.6 Å². The molecule has 8 heteroatoms. The number of aryl methyl sites for hydroxylation is 1. The zero-order chi connectivity index (χ0) is 20.1. The number of nitrogens with zero attached hydrogens (tertiary/aromatic N) is 3. The van der Waals surface area contributed by atoms with Crippen LogP contribution in [0, 0.1) is 17.8 Å². The van der Waals surface area contributed by atoms with E-state index in [0.29, 0.717) is 24.6 Å². The van der Waals surface area contributed by atoms with Crippen LogP contribution >= 0.6 is 22.7 Å². The Labute approximate surface area is 183 Å². The number of hydrogen-bond donors (Lipinski definition) is 1. The zero-order valence-electron chi connectivity index (χ0n) is 16.7. The second-order valence-corrected chi connectivity index (χ2v) is 10.9. The standard InChI is InChI=1S/C22H24N4O2S2/c27-18(1-2-19-25-20(26-28-19)16-3-4-29-11-16)24-21-23-17(12-30-21)22-8-13-5-14(9-22)7-15(6-13)10-22/h3-4,11-15H,1-2,5-10H2,(H,23,24,27). The number of thiophene rings is 1. The third-order valence-electron chi connectivity index (χ3n) is 7.15. The molecule has 0 saturated heterocycles. The van der Waals surface area contributed by atoms with E-state index in [1.807, 2.05) is 16.8 Å². The Morgan fingerprint density at radius 2 is 1.90 bits per heavy atom. The average molecular weight is 441 g/mol. The minimum absolute atomic E-state index is 0.0586. The van der Waals surface area contributed by atoms with Crippen molar-refractivity contribution in [2.75, 3.05) is 5.32 Å². The number of aromatic nitrogens is 3. The molecule has 4 aliphatic rings. The topological polar surface area (TPSA) is 80.9 Å². The van der Waals surface area contributed by atoms with Gasteiger partial charge in [0.05, 0.1) is 5.69 Å². The molecule has 0 aromatic carbocycles. The van der Waals surface area contributed by atoms with Gasteiger partial charge < -0.3 is 9.84 Å². The molecule has 3 heterocycles. The van der Waals surface area contributed by atoms with Gasteiger partial charge in [0.25, 0.3) is 0 Å². The second-order valence-electron chi connectivity index (χ2n) is 9.31. The van der Waals surface area contributed by atoms with E-state index < -0.39 is 0 Å². The fourth-order valence-corrected chi connectivity index (χ4v) is 7.75. The van der Waals surface area contributed by atoms with Crippen molar-refractivity contribution in [1.29, 1.82) is 0 Å². The van der Waals surface area contributed by atoms with Crippen molar-refractivity contribution in [1.82, 2.24) is 15.1 Å². The maximum atomic E-state index is 12.4. The van der Waals surface area contributed by atoms with Crippen molar-refractivity contribution in [2.45, 2.75) is 56.8 Å². The Morgan fingerprint density at radius 1 is 1.13 bits per heavy atom. The first-order valence-corrected chi connectivity index (χ1v) is 12.6. The van der Waals surface area contributed by atoms with Crippen LogP contribution < -0.4 is 5.32 Å². The van der Waals surface area contributed by atoms with Gasteiger partial charge in [-0.15, -0.1) is 11.3 Å². The molecule has 4 saturated carbocycles. The van der Waals surface area contributed by atoms with Gasteiger partial charge in [-0.05, 0) is 67.7 Å². The second kappa shape index (κ2) is 7.27. The monoisotopic (exact) mass is 440 g/mol. The first-order chi connectivity index (χ1) is 14.6. The zero-order valence-corrected chi connectivity index (χ0v) is 18.3. The summed E-state index contributed by atoms with van der Waals surface area (Å²) >= 11 is 3.15. The lowest BCUT2D eigenvalue weighted by Gasteiger charge is -2.56. The summed E-state index contributed by atoms with van der Waals surface area (Å²) in [6, 6.07) is 1.95. The molecule has 30 heavy (non-hydrogen) atoms. The lowest BCUT2D eigenvalue weighted by molar-refractivity contribution is -0.116. The molecule has 4 fully saturated rings. The molecule has 3 aromatic rings. The molecule has 156 valence electrons. The highest BCUT2D eigenvalue weighted by Crippen LogP contribution is 2.60. The molecule has 0 radical (unpaired) electrons. The van der Waals surface area contributed by atoms with Gasteiger partial charge >= 0.3 is 0 Å². The Balaban J connectivity index is 1.08. The fourth-order valence-electron chi connectivity index (χ4n) is 6.27. The van der Waals surface area contributed by atoms with E-state index in [1.165, 1.54) is 44.2 Å². The highest BCUT2D eigenvalue weighted by Gasteiger charge is 2.52. The lowest BCUT2D eigenvalue weighted by Crippen LogP contribution is -2.48. The number of carbonyl (C=O) groups is 1.